The number of rotatable bonds is 8. The number of nitrogens with two attached hydrogens (primary N) is 1. The van der Waals surface area contributed by atoms with Gasteiger partial charge in [0.2, 0.25) is 0 Å². The molecule has 0 radical (unpaired) electrons. The summed E-state index contributed by atoms with van der Waals surface area (Å²) in [6.45, 7) is 0.832. The summed E-state index contributed by atoms with van der Waals surface area (Å²) in [5.41, 5.74) is 7.86. The van der Waals surface area contributed by atoms with Crippen molar-refractivity contribution in [3.63, 3.8) is 0 Å². The van der Waals surface area contributed by atoms with Crippen LogP contribution in [0.2, 0.25) is 0 Å². The highest BCUT2D eigenvalue weighted by atomic mass is 127. The third-order valence-electron chi connectivity index (χ3n) is 3.58. The number of anilines is 1. The molecule has 0 unspecified atom stereocenters. The lowest BCUT2D eigenvalue weighted by molar-refractivity contribution is 0.355. The third kappa shape index (κ3) is 7.27. The van der Waals surface area contributed by atoms with E-state index >= 15 is 0 Å². The molecule has 0 saturated heterocycles. The average Bonchev–Trinajstić information content (AvgIpc) is 2.67. The lowest BCUT2D eigenvalue weighted by Crippen LogP contribution is -2.23. The number of ether oxygens (including phenoxy) is 3. The molecule has 0 saturated carbocycles. The van der Waals surface area contributed by atoms with Gasteiger partial charge in [-0.25, -0.2) is 0 Å². The van der Waals surface area contributed by atoms with Gasteiger partial charge >= 0.3 is 0 Å². The number of halogens is 1. The number of hydrogen-bond acceptors (Lipinski definition) is 4. The van der Waals surface area contributed by atoms with Crippen molar-refractivity contribution < 1.29 is 14.2 Å². The Balaban J connectivity index is 0.00000364. The van der Waals surface area contributed by atoms with Gasteiger partial charge in [0.25, 0.3) is 0 Å². The van der Waals surface area contributed by atoms with Crippen LogP contribution in [0.1, 0.15) is 5.56 Å². The molecule has 0 atom stereocenters. The number of benzene rings is 2. The number of hydrogen-bond donors (Lipinski definition) is 2. The summed E-state index contributed by atoms with van der Waals surface area (Å²) in [6.07, 6.45) is 5.93. The topological polar surface area (TPSA) is 78.1 Å². The summed E-state index contributed by atoms with van der Waals surface area (Å²) in [5.74, 6) is 4.81. The first-order chi connectivity index (χ1) is 12.7. The maximum absolute atomic E-state index is 5.94. The lowest BCUT2D eigenvalue weighted by Gasteiger charge is -2.11. The molecule has 0 aliphatic carbocycles. The standard InChI is InChI=1S/C20H23N3O3.HI/c1-4-13-26-17-8-5-15(6-9-17)11-12-22-20(21)23-16-7-10-18(24-2)19(14-16)25-3;/h1,5-10,14H,11-13H2,2-3H3,(H3,21,22,23);1H. The summed E-state index contributed by atoms with van der Waals surface area (Å²) in [5, 5.41) is 3.04. The maximum Gasteiger partial charge on any atom is 0.193 e. The molecule has 0 bridgehead atoms. The number of aliphatic imine (C=N–C) groups is 1. The fourth-order valence-electron chi connectivity index (χ4n) is 2.28. The van der Waals surface area contributed by atoms with Crippen molar-refractivity contribution in [2.75, 3.05) is 32.7 Å². The Morgan fingerprint density at radius 3 is 2.44 bits per heavy atom. The second kappa shape index (κ2) is 11.9. The molecule has 0 heterocycles. The van der Waals surface area contributed by atoms with E-state index in [0.717, 1.165) is 23.4 Å². The smallest absolute Gasteiger partial charge is 0.193 e. The van der Waals surface area contributed by atoms with E-state index in [0.29, 0.717) is 24.0 Å². The molecule has 2 rings (SSSR count). The van der Waals surface area contributed by atoms with Gasteiger partial charge in [0.15, 0.2) is 17.5 Å². The molecule has 3 N–H and O–H groups in total. The molecule has 7 heteroatoms. The Bertz CT molecular complexity index is 786. The van der Waals surface area contributed by atoms with Crippen molar-refractivity contribution >= 4 is 35.6 Å². The van der Waals surface area contributed by atoms with E-state index in [1.54, 1.807) is 26.4 Å². The summed E-state index contributed by atoms with van der Waals surface area (Å²) in [7, 11) is 3.18. The average molecular weight is 481 g/mol. The number of nitrogens with zero attached hydrogens (tertiary/aromatic N) is 1. The fraction of sp³-hybridized carbons (Fsp3) is 0.250. The molecule has 6 nitrogen and oxygen atoms in total. The highest BCUT2D eigenvalue weighted by Crippen LogP contribution is 2.29. The zero-order valence-electron chi connectivity index (χ0n) is 15.4. The van der Waals surface area contributed by atoms with Gasteiger partial charge in [-0.2, -0.15) is 0 Å². The van der Waals surface area contributed by atoms with Crippen LogP contribution in [0.4, 0.5) is 5.69 Å². The van der Waals surface area contributed by atoms with E-state index in [4.69, 9.17) is 26.4 Å². The quantitative estimate of drug-likeness (QED) is 0.262. The van der Waals surface area contributed by atoms with E-state index in [1.165, 1.54) is 0 Å². The van der Waals surface area contributed by atoms with Crippen LogP contribution in [-0.2, 0) is 6.42 Å². The minimum atomic E-state index is 0. The van der Waals surface area contributed by atoms with E-state index in [-0.39, 0.29) is 30.6 Å². The Hall–Kier alpha value is -2.60. The molecule has 2 aromatic carbocycles. The van der Waals surface area contributed by atoms with Crippen LogP contribution in [0.25, 0.3) is 0 Å². The van der Waals surface area contributed by atoms with E-state index in [1.807, 2.05) is 30.3 Å². The third-order valence-corrected chi connectivity index (χ3v) is 3.58. The van der Waals surface area contributed by atoms with E-state index < -0.39 is 0 Å². The predicted molar refractivity (Wildman–Crippen MR) is 120 cm³/mol. The van der Waals surface area contributed by atoms with Crippen LogP contribution >= 0.6 is 24.0 Å². The molecule has 0 fully saturated rings. The van der Waals surface area contributed by atoms with Gasteiger partial charge in [0.05, 0.1) is 14.2 Å². The van der Waals surface area contributed by atoms with Crippen LogP contribution in [0.3, 0.4) is 0 Å². The molecule has 2 aromatic rings. The van der Waals surface area contributed by atoms with Crippen LogP contribution in [0.5, 0.6) is 17.2 Å². The van der Waals surface area contributed by atoms with E-state index in [2.05, 4.69) is 16.2 Å². The molecule has 0 aliphatic heterocycles. The number of terminal acetylenes is 1. The fourth-order valence-corrected chi connectivity index (χ4v) is 2.28. The summed E-state index contributed by atoms with van der Waals surface area (Å²) in [6, 6.07) is 13.2. The Kier molecular flexibility index (Phi) is 9.90. The minimum absolute atomic E-state index is 0. The van der Waals surface area contributed by atoms with Crippen molar-refractivity contribution in [1.82, 2.24) is 0 Å². The highest BCUT2D eigenvalue weighted by Gasteiger charge is 2.05. The van der Waals surface area contributed by atoms with Crippen molar-refractivity contribution in [2.24, 2.45) is 10.7 Å². The van der Waals surface area contributed by atoms with Crippen LogP contribution in [0.15, 0.2) is 47.5 Å². The second-order valence-electron chi connectivity index (χ2n) is 5.35. The highest BCUT2D eigenvalue weighted by molar-refractivity contribution is 14.0. The maximum atomic E-state index is 5.94. The van der Waals surface area contributed by atoms with Gasteiger partial charge in [-0.05, 0) is 36.2 Å². The van der Waals surface area contributed by atoms with Gasteiger partial charge < -0.3 is 25.3 Å². The molecule has 0 amide bonds. The van der Waals surface area contributed by atoms with Crippen molar-refractivity contribution in [3.8, 4) is 29.6 Å². The second-order valence-corrected chi connectivity index (χ2v) is 5.35. The number of nitrogens with one attached hydrogen (secondary N) is 1. The normalized spacial score (nSPS) is 10.3. The predicted octanol–water partition coefficient (Wildman–Crippen LogP) is 3.30. The number of methoxy groups -OCH3 is 2. The zero-order valence-corrected chi connectivity index (χ0v) is 17.7. The van der Waals surface area contributed by atoms with Gasteiger partial charge in [0, 0.05) is 18.3 Å². The van der Waals surface area contributed by atoms with Gasteiger partial charge in [-0.15, -0.1) is 30.4 Å². The molecule has 0 aromatic heterocycles. The van der Waals surface area contributed by atoms with Crippen molar-refractivity contribution in [3.05, 3.63) is 48.0 Å². The largest absolute Gasteiger partial charge is 0.493 e. The monoisotopic (exact) mass is 481 g/mol. The first-order valence-corrected chi connectivity index (χ1v) is 8.10. The molecule has 144 valence electrons. The Morgan fingerprint density at radius 1 is 1.11 bits per heavy atom. The lowest BCUT2D eigenvalue weighted by atomic mass is 10.1. The molecule has 0 aliphatic rings. The minimum Gasteiger partial charge on any atom is -0.493 e. The number of guanidine groups is 1. The molecule has 27 heavy (non-hydrogen) atoms. The SMILES string of the molecule is C#CCOc1ccc(CCN=C(N)Nc2ccc(OC)c(OC)c2)cc1.I. The molecular weight excluding hydrogens is 457 g/mol. The first-order valence-electron chi connectivity index (χ1n) is 8.10. The Morgan fingerprint density at radius 2 is 1.81 bits per heavy atom. The molecule has 0 spiro atoms. The summed E-state index contributed by atoms with van der Waals surface area (Å²) < 4.78 is 15.8. The first kappa shape index (κ1) is 22.4. The van der Waals surface area contributed by atoms with Crippen LogP contribution in [0, 0.1) is 12.3 Å². The molecular formula is C20H24IN3O3. The zero-order chi connectivity index (χ0) is 18.8. The van der Waals surface area contributed by atoms with Gasteiger partial charge in [-0.1, -0.05) is 18.1 Å². The van der Waals surface area contributed by atoms with Crippen molar-refractivity contribution in [2.45, 2.75) is 6.42 Å². The summed E-state index contributed by atoms with van der Waals surface area (Å²) >= 11 is 0. The van der Waals surface area contributed by atoms with Gasteiger partial charge in [0.1, 0.15) is 12.4 Å². The van der Waals surface area contributed by atoms with Gasteiger partial charge in [-0.3, -0.25) is 4.99 Å². The summed E-state index contributed by atoms with van der Waals surface area (Å²) in [4.78, 5) is 4.34. The van der Waals surface area contributed by atoms with E-state index in [9.17, 15) is 0 Å². The van der Waals surface area contributed by atoms with Crippen LogP contribution < -0.4 is 25.3 Å². The van der Waals surface area contributed by atoms with Crippen molar-refractivity contribution in [1.29, 1.82) is 0 Å². The Labute approximate surface area is 177 Å². The van der Waals surface area contributed by atoms with Crippen LogP contribution in [-0.4, -0.2) is 33.3 Å².